The summed E-state index contributed by atoms with van der Waals surface area (Å²) in [6.07, 6.45) is -0.487. The number of aromatic nitrogens is 2. The summed E-state index contributed by atoms with van der Waals surface area (Å²) in [7, 11) is 0. The molecule has 0 aliphatic heterocycles. The first-order valence-electron chi connectivity index (χ1n) is 4.00. The molecule has 0 radical (unpaired) electrons. The number of rotatable bonds is 1. The smallest absolute Gasteiger partial charge is 0.108 e. The Morgan fingerprint density at radius 1 is 1.54 bits per heavy atom. The van der Waals surface area contributed by atoms with Crippen molar-refractivity contribution in [3.05, 3.63) is 28.4 Å². The third kappa shape index (κ3) is 1.36. The topological polar surface area (TPSA) is 48.9 Å². The van der Waals surface area contributed by atoms with Crippen molar-refractivity contribution in [3.8, 4) is 0 Å². The fraction of sp³-hybridized carbons (Fsp3) is 0.222. The van der Waals surface area contributed by atoms with E-state index in [9.17, 15) is 5.11 Å². The zero-order valence-electron chi connectivity index (χ0n) is 7.08. The molecule has 4 heteroatoms. The Kier molecular flexibility index (Phi) is 2.09. The highest BCUT2D eigenvalue weighted by Crippen LogP contribution is 2.26. The van der Waals surface area contributed by atoms with Crippen molar-refractivity contribution < 1.29 is 5.11 Å². The maximum absolute atomic E-state index is 9.46. The standard InChI is InChI=1S/C9H9BrN2O/c1-5(13)6-3-2-4-7-8(6)11-12-9(7)10/h2-5,13H,1H3,(H,11,12). The maximum atomic E-state index is 9.46. The van der Waals surface area contributed by atoms with Gasteiger partial charge in [-0.25, -0.2) is 0 Å². The van der Waals surface area contributed by atoms with Crippen LogP contribution in [-0.2, 0) is 0 Å². The highest BCUT2D eigenvalue weighted by Gasteiger charge is 2.10. The van der Waals surface area contributed by atoms with Gasteiger partial charge in [0, 0.05) is 10.9 Å². The largest absolute Gasteiger partial charge is 0.389 e. The molecule has 3 nitrogen and oxygen atoms in total. The summed E-state index contributed by atoms with van der Waals surface area (Å²) in [5, 5.41) is 17.4. The van der Waals surface area contributed by atoms with E-state index in [1.165, 1.54) is 0 Å². The van der Waals surface area contributed by atoms with E-state index in [0.29, 0.717) is 0 Å². The number of para-hydroxylation sites is 1. The minimum absolute atomic E-state index is 0.487. The van der Waals surface area contributed by atoms with Crippen LogP contribution in [0, 0.1) is 0 Å². The van der Waals surface area contributed by atoms with Crippen LogP contribution in [0.2, 0.25) is 0 Å². The number of halogens is 1. The van der Waals surface area contributed by atoms with E-state index in [2.05, 4.69) is 26.1 Å². The average Bonchev–Trinajstić information content (AvgIpc) is 2.48. The average molecular weight is 241 g/mol. The second-order valence-electron chi connectivity index (χ2n) is 2.96. The molecular weight excluding hydrogens is 232 g/mol. The molecule has 1 aromatic carbocycles. The summed E-state index contributed by atoms with van der Waals surface area (Å²) in [5.41, 5.74) is 1.67. The Balaban J connectivity index is 2.77. The number of nitrogens with zero attached hydrogens (tertiary/aromatic N) is 1. The lowest BCUT2D eigenvalue weighted by molar-refractivity contribution is 0.200. The highest BCUT2D eigenvalue weighted by atomic mass is 79.9. The van der Waals surface area contributed by atoms with Crippen LogP contribution in [0.1, 0.15) is 18.6 Å². The molecule has 1 unspecified atom stereocenters. The summed E-state index contributed by atoms with van der Waals surface area (Å²) in [4.78, 5) is 0. The van der Waals surface area contributed by atoms with Gasteiger partial charge in [0.2, 0.25) is 0 Å². The van der Waals surface area contributed by atoms with Gasteiger partial charge >= 0.3 is 0 Å². The molecule has 0 aliphatic rings. The molecule has 0 saturated heterocycles. The van der Waals surface area contributed by atoms with Crippen LogP contribution in [-0.4, -0.2) is 15.3 Å². The van der Waals surface area contributed by atoms with Crippen molar-refractivity contribution in [2.24, 2.45) is 0 Å². The van der Waals surface area contributed by atoms with Gasteiger partial charge in [-0.15, -0.1) is 0 Å². The Bertz CT molecular complexity index is 436. The molecule has 2 N–H and O–H groups in total. The highest BCUT2D eigenvalue weighted by molar-refractivity contribution is 9.10. The van der Waals surface area contributed by atoms with Crippen LogP contribution in [0.25, 0.3) is 10.9 Å². The van der Waals surface area contributed by atoms with E-state index >= 15 is 0 Å². The maximum Gasteiger partial charge on any atom is 0.108 e. The first-order chi connectivity index (χ1) is 6.20. The van der Waals surface area contributed by atoms with Crippen molar-refractivity contribution in [2.45, 2.75) is 13.0 Å². The van der Waals surface area contributed by atoms with Crippen LogP contribution in [0.5, 0.6) is 0 Å². The number of H-pyrrole nitrogens is 1. The molecule has 0 aliphatic carbocycles. The van der Waals surface area contributed by atoms with Gasteiger partial charge in [0.1, 0.15) is 4.60 Å². The van der Waals surface area contributed by atoms with Crippen LogP contribution >= 0.6 is 15.9 Å². The Labute approximate surface area is 83.9 Å². The molecule has 2 aromatic rings. The SMILES string of the molecule is CC(O)c1cccc2c(Br)[nH]nc12. The first kappa shape index (κ1) is 8.72. The quantitative estimate of drug-likeness (QED) is 0.805. The summed E-state index contributed by atoms with van der Waals surface area (Å²) in [6, 6.07) is 5.74. The molecule has 1 atom stereocenters. The molecule has 1 heterocycles. The monoisotopic (exact) mass is 240 g/mol. The number of nitrogens with one attached hydrogen (secondary N) is 1. The number of fused-ring (bicyclic) bond motifs is 1. The predicted molar refractivity (Wildman–Crippen MR) is 54.4 cm³/mol. The van der Waals surface area contributed by atoms with Gasteiger partial charge in [0.25, 0.3) is 0 Å². The number of aliphatic hydroxyl groups excluding tert-OH is 1. The van der Waals surface area contributed by atoms with Gasteiger partial charge in [-0.05, 0) is 22.9 Å². The van der Waals surface area contributed by atoms with Crippen LogP contribution < -0.4 is 0 Å². The van der Waals surface area contributed by atoms with Gasteiger partial charge in [-0.1, -0.05) is 18.2 Å². The minimum Gasteiger partial charge on any atom is -0.389 e. The van der Waals surface area contributed by atoms with E-state index in [4.69, 9.17) is 0 Å². The van der Waals surface area contributed by atoms with Crippen LogP contribution in [0.3, 0.4) is 0 Å². The third-order valence-electron chi connectivity index (χ3n) is 2.02. The number of aromatic amines is 1. The Morgan fingerprint density at radius 3 is 3.00 bits per heavy atom. The van der Waals surface area contributed by atoms with Crippen molar-refractivity contribution in [3.63, 3.8) is 0 Å². The van der Waals surface area contributed by atoms with Gasteiger partial charge in [-0.2, -0.15) is 5.10 Å². The Hall–Kier alpha value is -0.870. The predicted octanol–water partition coefficient (Wildman–Crippen LogP) is 2.38. The van der Waals surface area contributed by atoms with E-state index < -0.39 is 6.10 Å². The lowest BCUT2D eigenvalue weighted by Crippen LogP contribution is -1.91. The molecule has 68 valence electrons. The van der Waals surface area contributed by atoms with Crippen molar-refractivity contribution in [1.82, 2.24) is 10.2 Å². The van der Waals surface area contributed by atoms with E-state index in [1.807, 2.05) is 18.2 Å². The molecule has 0 bridgehead atoms. The number of hydrogen-bond donors (Lipinski definition) is 2. The fourth-order valence-electron chi connectivity index (χ4n) is 1.37. The molecule has 1 aromatic heterocycles. The third-order valence-corrected chi connectivity index (χ3v) is 2.62. The summed E-state index contributed by atoms with van der Waals surface area (Å²) in [5.74, 6) is 0. The van der Waals surface area contributed by atoms with Crippen LogP contribution in [0.15, 0.2) is 22.8 Å². The molecule has 0 saturated carbocycles. The van der Waals surface area contributed by atoms with E-state index in [-0.39, 0.29) is 0 Å². The van der Waals surface area contributed by atoms with Gasteiger partial charge < -0.3 is 5.11 Å². The van der Waals surface area contributed by atoms with Crippen LogP contribution in [0.4, 0.5) is 0 Å². The van der Waals surface area contributed by atoms with Gasteiger partial charge in [0.15, 0.2) is 0 Å². The lowest BCUT2D eigenvalue weighted by Gasteiger charge is -2.03. The summed E-state index contributed by atoms with van der Waals surface area (Å²) in [6.45, 7) is 1.73. The number of benzene rings is 1. The molecule has 0 amide bonds. The summed E-state index contributed by atoms with van der Waals surface area (Å²) < 4.78 is 0.852. The molecule has 0 spiro atoms. The zero-order chi connectivity index (χ0) is 9.42. The zero-order valence-corrected chi connectivity index (χ0v) is 8.67. The second-order valence-corrected chi connectivity index (χ2v) is 3.75. The molecular formula is C9H9BrN2O. The first-order valence-corrected chi connectivity index (χ1v) is 4.80. The lowest BCUT2D eigenvalue weighted by atomic mass is 10.1. The normalized spacial score (nSPS) is 13.5. The molecule has 13 heavy (non-hydrogen) atoms. The summed E-state index contributed by atoms with van der Waals surface area (Å²) >= 11 is 3.35. The van der Waals surface area contributed by atoms with E-state index in [0.717, 1.165) is 21.1 Å². The molecule has 2 rings (SSSR count). The second kappa shape index (κ2) is 3.12. The minimum atomic E-state index is -0.487. The van der Waals surface area contributed by atoms with Crippen molar-refractivity contribution >= 4 is 26.8 Å². The van der Waals surface area contributed by atoms with E-state index in [1.54, 1.807) is 6.92 Å². The fourth-order valence-corrected chi connectivity index (χ4v) is 1.77. The number of hydrogen-bond acceptors (Lipinski definition) is 2. The molecule has 0 fully saturated rings. The van der Waals surface area contributed by atoms with Crippen molar-refractivity contribution in [1.29, 1.82) is 0 Å². The van der Waals surface area contributed by atoms with Gasteiger partial charge in [-0.3, -0.25) is 5.10 Å². The van der Waals surface area contributed by atoms with Gasteiger partial charge in [0.05, 0.1) is 11.6 Å². The number of aliphatic hydroxyl groups is 1. The Morgan fingerprint density at radius 2 is 2.31 bits per heavy atom. The van der Waals surface area contributed by atoms with Crippen molar-refractivity contribution in [2.75, 3.05) is 0 Å².